The highest BCUT2D eigenvalue weighted by molar-refractivity contribution is 4.86. The Hall–Kier alpha value is -0.120. The van der Waals surface area contributed by atoms with Gasteiger partial charge in [-0.1, -0.05) is 13.8 Å². The zero-order chi connectivity index (χ0) is 12.2. The third-order valence-corrected chi connectivity index (χ3v) is 3.40. The average molecular weight is 228 g/mol. The van der Waals surface area contributed by atoms with Crippen LogP contribution in [-0.4, -0.2) is 60.8 Å². The predicted octanol–water partition coefficient (Wildman–Crippen LogP) is 1.83. The van der Waals surface area contributed by atoms with Gasteiger partial charge in [-0.25, -0.2) is 0 Å². The molecule has 0 aliphatic carbocycles. The molecule has 2 saturated heterocycles. The fourth-order valence-electron chi connectivity index (χ4n) is 2.19. The van der Waals surface area contributed by atoms with Gasteiger partial charge in [0.1, 0.15) is 0 Å². The maximum Gasteiger partial charge on any atom is 0.0645 e. The monoisotopic (exact) mass is 228 g/mol. The highest BCUT2D eigenvalue weighted by Crippen LogP contribution is 2.18. The highest BCUT2D eigenvalue weighted by atomic mass is 16.5. The number of rotatable bonds is 1. The number of hydrogen-bond acceptors (Lipinski definition) is 3. The number of nitrogens with zero attached hydrogens (tertiary/aromatic N) is 2. The summed E-state index contributed by atoms with van der Waals surface area (Å²) in [6.45, 7) is 17.7. The van der Waals surface area contributed by atoms with E-state index in [0.717, 1.165) is 19.3 Å². The molecule has 0 N–H and O–H groups in total. The van der Waals surface area contributed by atoms with Crippen LogP contribution < -0.4 is 0 Å². The van der Waals surface area contributed by atoms with Crippen molar-refractivity contribution < 1.29 is 4.74 Å². The van der Waals surface area contributed by atoms with Gasteiger partial charge in [-0.2, -0.15) is 0 Å². The number of ether oxygens (including phenoxy) is 1. The van der Waals surface area contributed by atoms with Crippen LogP contribution in [0.1, 0.15) is 34.6 Å². The first-order valence-corrected chi connectivity index (χ1v) is 6.64. The average Bonchev–Trinajstić information content (AvgIpc) is 2.18. The summed E-state index contributed by atoms with van der Waals surface area (Å²) in [4.78, 5) is 5.15. The summed E-state index contributed by atoms with van der Waals surface area (Å²) in [5.41, 5.74) is 0.336. The van der Waals surface area contributed by atoms with E-state index in [9.17, 15) is 0 Å². The van der Waals surface area contributed by atoms with Gasteiger partial charge in [0.2, 0.25) is 0 Å². The molecular formula is C13H28N2O. The third kappa shape index (κ3) is 3.44. The van der Waals surface area contributed by atoms with Gasteiger partial charge in [-0.3, -0.25) is 9.80 Å². The summed E-state index contributed by atoms with van der Waals surface area (Å²) in [6, 6.07) is 0.720. The minimum Gasteiger partial charge on any atom is -0.378 e. The van der Waals surface area contributed by atoms with Crippen LogP contribution in [0.5, 0.6) is 0 Å². The van der Waals surface area contributed by atoms with Crippen molar-refractivity contribution in [3.05, 3.63) is 0 Å². The molecule has 2 aliphatic heterocycles. The van der Waals surface area contributed by atoms with Gasteiger partial charge in [0.15, 0.2) is 0 Å². The smallest absolute Gasteiger partial charge is 0.0645 e. The quantitative estimate of drug-likeness (QED) is 0.681. The van der Waals surface area contributed by atoms with Gasteiger partial charge in [-0.05, 0) is 20.8 Å². The van der Waals surface area contributed by atoms with Crippen molar-refractivity contribution in [1.29, 1.82) is 0 Å². The minimum atomic E-state index is 0.336. The third-order valence-electron chi connectivity index (χ3n) is 3.40. The topological polar surface area (TPSA) is 15.7 Å². The molecule has 96 valence electrons. The fourth-order valence-corrected chi connectivity index (χ4v) is 2.19. The van der Waals surface area contributed by atoms with Gasteiger partial charge in [0.25, 0.3) is 0 Å². The van der Waals surface area contributed by atoms with Gasteiger partial charge < -0.3 is 4.74 Å². The number of piperazine rings is 1. The first-order valence-electron chi connectivity index (χ1n) is 6.64. The minimum absolute atomic E-state index is 0.336. The van der Waals surface area contributed by atoms with Gasteiger partial charge in [-0.15, -0.1) is 0 Å². The van der Waals surface area contributed by atoms with Crippen LogP contribution >= 0.6 is 0 Å². The van der Waals surface area contributed by atoms with Crippen molar-refractivity contribution >= 4 is 0 Å². The molecular weight excluding hydrogens is 200 g/mol. The molecule has 2 rings (SSSR count). The summed E-state index contributed by atoms with van der Waals surface area (Å²) in [6.07, 6.45) is 0. The van der Waals surface area contributed by atoms with E-state index in [1.165, 1.54) is 26.2 Å². The summed E-state index contributed by atoms with van der Waals surface area (Å²) in [5, 5.41) is 0. The largest absolute Gasteiger partial charge is 0.378 e. The van der Waals surface area contributed by atoms with E-state index >= 15 is 0 Å². The number of hydrogen-bond donors (Lipinski definition) is 0. The van der Waals surface area contributed by atoms with E-state index in [2.05, 4.69) is 30.6 Å². The zero-order valence-electron chi connectivity index (χ0n) is 11.6. The lowest BCUT2D eigenvalue weighted by atomic mass is 10.0. The Bertz CT molecular complexity index is 189. The van der Waals surface area contributed by atoms with Crippen LogP contribution in [0.2, 0.25) is 0 Å². The normalized spacial score (nSPS) is 24.6. The first-order chi connectivity index (χ1) is 7.57. The molecule has 2 fully saturated rings. The maximum atomic E-state index is 5.23. The second kappa shape index (κ2) is 5.99. The van der Waals surface area contributed by atoms with Crippen LogP contribution in [0.4, 0.5) is 0 Å². The fraction of sp³-hybridized carbons (Fsp3) is 1.00. The molecule has 0 radical (unpaired) electrons. The highest BCUT2D eigenvalue weighted by Gasteiger charge is 2.31. The van der Waals surface area contributed by atoms with Gasteiger partial charge in [0.05, 0.1) is 19.3 Å². The summed E-state index contributed by atoms with van der Waals surface area (Å²) in [5.74, 6) is 0. The van der Waals surface area contributed by atoms with E-state index in [0.29, 0.717) is 5.54 Å². The van der Waals surface area contributed by atoms with E-state index in [-0.39, 0.29) is 0 Å². The van der Waals surface area contributed by atoms with E-state index in [1.54, 1.807) is 0 Å². The summed E-state index contributed by atoms with van der Waals surface area (Å²) >= 11 is 0. The standard InChI is InChI=1S/C11H22N2O.C2H6/c1-11(2,3)13-6-4-12(5-7-13)10-8-14-9-10;1-2/h10H,4-9H2,1-3H3;1-2H3. The Morgan fingerprint density at radius 1 is 0.938 bits per heavy atom. The Balaban J connectivity index is 0.000000606. The molecule has 16 heavy (non-hydrogen) atoms. The molecule has 2 aliphatic rings. The van der Waals surface area contributed by atoms with E-state index in [1.807, 2.05) is 13.8 Å². The lowest BCUT2D eigenvalue weighted by Gasteiger charge is -2.46. The molecule has 3 heteroatoms. The molecule has 0 aromatic rings. The van der Waals surface area contributed by atoms with Crippen molar-refractivity contribution in [3.63, 3.8) is 0 Å². The SMILES string of the molecule is CC.CC(C)(C)N1CCN(C2COC2)CC1. The summed E-state index contributed by atoms with van der Waals surface area (Å²) in [7, 11) is 0. The lowest BCUT2D eigenvalue weighted by molar-refractivity contribution is -0.0830. The van der Waals surface area contributed by atoms with Crippen molar-refractivity contribution in [2.75, 3.05) is 39.4 Å². The molecule has 3 nitrogen and oxygen atoms in total. The predicted molar refractivity (Wildman–Crippen MR) is 68.9 cm³/mol. The van der Waals surface area contributed by atoms with Crippen LogP contribution in [0.3, 0.4) is 0 Å². The van der Waals surface area contributed by atoms with Crippen molar-refractivity contribution in [3.8, 4) is 0 Å². The molecule has 0 amide bonds. The molecule has 0 bridgehead atoms. The molecule has 2 heterocycles. The Morgan fingerprint density at radius 2 is 1.44 bits per heavy atom. The zero-order valence-corrected chi connectivity index (χ0v) is 11.6. The van der Waals surface area contributed by atoms with Crippen LogP contribution in [0.25, 0.3) is 0 Å². The van der Waals surface area contributed by atoms with Crippen LogP contribution in [-0.2, 0) is 4.74 Å². The van der Waals surface area contributed by atoms with Crippen molar-refractivity contribution in [2.24, 2.45) is 0 Å². The van der Waals surface area contributed by atoms with Crippen molar-refractivity contribution in [2.45, 2.75) is 46.2 Å². The molecule has 0 aromatic heterocycles. The van der Waals surface area contributed by atoms with Gasteiger partial charge >= 0.3 is 0 Å². The first kappa shape index (κ1) is 13.9. The lowest BCUT2D eigenvalue weighted by Crippen LogP contribution is -2.59. The molecule has 0 atom stereocenters. The molecule has 0 spiro atoms. The maximum absolute atomic E-state index is 5.23. The van der Waals surface area contributed by atoms with E-state index in [4.69, 9.17) is 4.74 Å². The van der Waals surface area contributed by atoms with Crippen molar-refractivity contribution in [1.82, 2.24) is 9.80 Å². The molecule has 0 aromatic carbocycles. The van der Waals surface area contributed by atoms with Crippen LogP contribution in [0.15, 0.2) is 0 Å². The Labute approximate surface area is 101 Å². The Morgan fingerprint density at radius 3 is 1.75 bits per heavy atom. The second-order valence-corrected chi connectivity index (χ2v) is 5.39. The molecule has 0 saturated carbocycles. The van der Waals surface area contributed by atoms with Crippen LogP contribution in [0, 0.1) is 0 Å². The van der Waals surface area contributed by atoms with E-state index < -0.39 is 0 Å². The second-order valence-electron chi connectivity index (χ2n) is 5.39. The Kier molecular flexibility index (Phi) is 5.22. The molecule has 0 unspecified atom stereocenters. The van der Waals surface area contributed by atoms with Gasteiger partial charge in [0, 0.05) is 31.7 Å². The summed E-state index contributed by atoms with van der Waals surface area (Å²) < 4.78 is 5.23.